The molecule has 1 aliphatic rings. The first-order valence-electron chi connectivity index (χ1n) is 4.30. The Morgan fingerprint density at radius 3 is 2.38 bits per heavy atom. The standard InChI is InChI=1S/C8H16/c1-2-8-6-4-3-5-7-8/h8H,2-7H2,1H3/i2T. The second-order valence-corrected chi connectivity index (χ2v) is 2.73. The Labute approximate surface area is 53.7 Å². The summed E-state index contributed by atoms with van der Waals surface area (Å²) in [6, 6.07) is 0. The molecule has 0 heterocycles. The SMILES string of the molecule is [3H]C(C)C1CCCCC1. The molecule has 8 heavy (non-hydrogen) atoms. The molecule has 0 amide bonds. The van der Waals surface area contributed by atoms with Crippen LogP contribution < -0.4 is 0 Å². The van der Waals surface area contributed by atoms with Gasteiger partial charge in [-0.15, -0.1) is 0 Å². The molecule has 0 heteroatoms. The molecule has 1 fully saturated rings. The van der Waals surface area contributed by atoms with Gasteiger partial charge in [0.25, 0.3) is 0 Å². The summed E-state index contributed by atoms with van der Waals surface area (Å²) in [5.74, 6) is 0.721. The third kappa shape index (κ3) is 1.50. The van der Waals surface area contributed by atoms with Crippen molar-refractivity contribution in [3.63, 3.8) is 0 Å². The molecule has 0 spiro atoms. The molecule has 0 N–H and O–H groups in total. The summed E-state index contributed by atoms with van der Waals surface area (Å²) in [5, 5.41) is 0. The predicted molar refractivity (Wildman–Crippen MR) is 36.9 cm³/mol. The van der Waals surface area contributed by atoms with Gasteiger partial charge >= 0.3 is 0 Å². The molecule has 0 aromatic carbocycles. The summed E-state index contributed by atoms with van der Waals surface area (Å²) in [4.78, 5) is 0. The van der Waals surface area contributed by atoms with E-state index in [1.807, 2.05) is 6.92 Å². The highest BCUT2D eigenvalue weighted by Crippen LogP contribution is 2.25. The third-order valence-corrected chi connectivity index (χ3v) is 2.12. The quantitative estimate of drug-likeness (QED) is 0.491. The van der Waals surface area contributed by atoms with Crippen LogP contribution in [-0.2, 0) is 0 Å². The molecule has 0 aromatic rings. The molecule has 48 valence electrons. The van der Waals surface area contributed by atoms with Gasteiger partial charge in [-0.05, 0) is 5.92 Å². The minimum atomic E-state index is 0.185. The van der Waals surface area contributed by atoms with Crippen molar-refractivity contribution in [2.75, 3.05) is 0 Å². The van der Waals surface area contributed by atoms with Gasteiger partial charge in [-0.3, -0.25) is 0 Å². The van der Waals surface area contributed by atoms with Crippen LogP contribution in [0.25, 0.3) is 0 Å². The Morgan fingerprint density at radius 1 is 1.38 bits per heavy atom. The summed E-state index contributed by atoms with van der Waals surface area (Å²) >= 11 is 0. The molecule has 1 rings (SSSR count). The van der Waals surface area contributed by atoms with E-state index in [0.717, 1.165) is 5.92 Å². The maximum atomic E-state index is 7.47. The van der Waals surface area contributed by atoms with Crippen LogP contribution in [0.15, 0.2) is 0 Å². The summed E-state index contributed by atoms with van der Waals surface area (Å²) in [5.41, 5.74) is 0. The monoisotopic (exact) mass is 114 g/mol. The Bertz CT molecular complexity index is 72.6. The lowest BCUT2D eigenvalue weighted by molar-refractivity contribution is 0.349. The van der Waals surface area contributed by atoms with Gasteiger partial charge in [0.2, 0.25) is 0 Å². The summed E-state index contributed by atoms with van der Waals surface area (Å²) in [7, 11) is 0. The largest absolute Gasteiger partial charge is 0.0651 e. The molecular weight excluding hydrogens is 96.1 g/mol. The number of rotatable bonds is 1. The van der Waals surface area contributed by atoms with E-state index in [9.17, 15) is 0 Å². The van der Waals surface area contributed by atoms with Gasteiger partial charge in [-0.1, -0.05) is 45.4 Å². The molecule has 1 atom stereocenters. The van der Waals surface area contributed by atoms with E-state index in [4.69, 9.17) is 1.37 Å². The van der Waals surface area contributed by atoms with Gasteiger partial charge < -0.3 is 0 Å². The Hall–Kier alpha value is 0. The van der Waals surface area contributed by atoms with E-state index in [1.54, 1.807) is 0 Å². The fourth-order valence-electron chi connectivity index (χ4n) is 1.47. The molecule has 1 aliphatic carbocycles. The first-order chi connectivity index (χ1) is 4.30. The van der Waals surface area contributed by atoms with Crippen molar-refractivity contribution >= 4 is 0 Å². The molecule has 0 aliphatic heterocycles. The van der Waals surface area contributed by atoms with Gasteiger partial charge in [0.15, 0.2) is 0 Å². The fourth-order valence-corrected chi connectivity index (χ4v) is 1.47. The second-order valence-electron chi connectivity index (χ2n) is 2.73. The number of hydrogen-bond donors (Lipinski definition) is 0. The highest BCUT2D eigenvalue weighted by molar-refractivity contribution is 4.63. The zero-order valence-electron chi connectivity index (χ0n) is 6.69. The highest BCUT2D eigenvalue weighted by Gasteiger charge is 2.09. The van der Waals surface area contributed by atoms with E-state index >= 15 is 0 Å². The zero-order valence-corrected chi connectivity index (χ0v) is 5.69. The van der Waals surface area contributed by atoms with Crippen LogP contribution >= 0.6 is 0 Å². The lowest BCUT2D eigenvalue weighted by Gasteiger charge is -2.18. The summed E-state index contributed by atoms with van der Waals surface area (Å²) in [6.45, 7) is 2.02. The van der Waals surface area contributed by atoms with Crippen molar-refractivity contribution in [2.45, 2.75) is 45.4 Å². The van der Waals surface area contributed by atoms with Crippen LogP contribution in [0.5, 0.6) is 0 Å². The first kappa shape index (κ1) is 4.84. The normalized spacial score (nSPS) is 29.4. The van der Waals surface area contributed by atoms with E-state index in [0.29, 0.717) is 0 Å². The topological polar surface area (TPSA) is 0 Å². The smallest absolute Gasteiger partial charge is 0.0267 e. The Kier molecular flexibility index (Phi) is 1.88. The van der Waals surface area contributed by atoms with Gasteiger partial charge in [0.05, 0.1) is 0 Å². The van der Waals surface area contributed by atoms with E-state index in [-0.39, 0.29) is 6.40 Å². The van der Waals surface area contributed by atoms with E-state index in [2.05, 4.69) is 0 Å². The lowest BCUT2D eigenvalue weighted by atomic mass is 9.88. The maximum Gasteiger partial charge on any atom is 0.0267 e. The average molecular weight is 114 g/mol. The molecule has 0 aromatic heterocycles. The Balaban J connectivity index is 2.23. The van der Waals surface area contributed by atoms with Gasteiger partial charge in [-0.25, -0.2) is 0 Å². The summed E-state index contributed by atoms with van der Waals surface area (Å²) < 4.78 is 7.47. The minimum Gasteiger partial charge on any atom is -0.0651 e. The van der Waals surface area contributed by atoms with Crippen LogP contribution in [-0.4, -0.2) is 0 Å². The Morgan fingerprint density at radius 2 is 2.00 bits per heavy atom. The lowest BCUT2D eigenvalue weighted by Crippen LogP contribution is -2.03. The minimum absolute atomic E-state index is 0.185. The predicted octanol–water partition coefficient (Wildman–Crippen LogP) is 2.98. The van der Waals surface area contributed by atoms with E-state index < -0.39 is 0 Å². The zero-order chi connectivity index (χ0) is 6.69. The van der Waals surface area contributed by atoms with Gasteiger partial charge in [-0.2, -0.15) is 0 Å². The van der Waals surface area contributed by atoms with Crippen molar-refractivity contribution in [1.82, 2.24) is 0 Å². The molecule has 1 unspecified atom stereocenters. The first-order valence-corrected chi connectivity index (χ1v) is 3.73. The van der Waals surface area contributed by atoms with Crippen molar-refractivity contribution in [3.05, 3.63) is 0 Å². The van der Waals surface area contributed by atoms with Crippen LogP contribution in [0, 0.1) is 5.92 Å². The number of hydrogen-bond acceptors (Lipinski definition) is 0. The van der Waals surface area contributed by atoms with Crippen LogP contribution in [0.3, 0.4) is 0 Å². The van der Waals surface area contributed by atoms with Crippen LogP contribution in [0.2, 0.25) is 0 Å². The molecule has 0 nitrogen and oxygen atoms in total. The van der Waals surface area contributed by atoms with Crippen LogP contribution in [0.4, 0.5) is 0 Å². The second kappa shape index (κ2) is 3.11. The highest BCUT2D eigenvalue weighted by atomic mass is 14.2. The molecule has 0 bridgehead atoms. The maximum absolute atomic E-state index is 7.47. The van der Waals surface area contributed by atoms with Crippen molar-refractivity contribution < 1.29 is 1.37 Å². The molecule has 1 saturated carbocycles. The molecule has 0 saturated heterocycles. The molecule has 0 radical (unpaired) electrons. The van der Waals surface area contributed by atoms with Crippen molar-refractivity contribution in [2.24, 2.45) is 5.92 Å². The van der Waals surface area contributed by atoms with Crippen molar-refractivity contribution in [3.8, 4) is 0 Å². The fraction of sp³-hybridized carbons (Fsp3) is 1.00. The molecular formula is C8H16. The third-order valence-electron chi connectivity index (χ3n) is 2.12. The van der Waals surface area contributed by atoms with Gasteiger partial charge in [0.1, 0.15) is 0 Å². The van der Waals surface area contributed by atoms with E-state index in [1.165, 1.54) is 32.1 Å². The summed E-state index contributed by atoms with van der Waals surface area (Å²) in [6.07, 6.45) is 6.95. The average Bonchev–Trinajstić information content (AvgIpc) is 1.90. The van der Waals surface area contributed by atoms with Crippen molar-refractivity contribution in [1.29, 1.82) is 0 Å². The van der Waals surface area contributed by atoms with Crippen LogP contribution in [0.1, 0.15) is 46.8 Å². The van der Waals surface area contributed by atoms with Gasteiger partial charge in [0, 0.05) is 1.37 Å².